The number of carbonyl (C=O) groups is 1. The molecule has 2 aromatic rings. The van der Waals surface area contributed by atoms with Gasteiger partial charge in [-0.2, -0.15) is 0 Å². The fraction of sp³-hybridized carbons (Fsp3) is 0.286. The van der Waals surface area contributed by atoms with E-state index in [0.717, 1.165) is 0 Å². The first-order valence-corrected chi connectivity index (χ1v) is 6.19. The Balaban J connectivity index is 2.36. The van der Waals surface area contributed by atoms with Crippen LogP contribution in [0.2, 0.25) is 0 Å². The lowest BCUT2D eigenvalue weighted by Crippen LogP contribution is -2.41. The van der Waals surface area contributed by atoms with Crippen molar-refractivity contribution in [1.29, 1.82) is 0 Å². The lowest BCUT2D eigenvalue weighted by molar-refractivity contribution is 0.0933. The van der Waals surface area contributed by atoms with Crippen molar-refractivity contribution in [2.24, 2.45) is 5.73 Å². The second kappa shape index (κ2) is 5.67. The Morgan fingerprint density at radius 2 is 2.16 bits per heavy atom. The van der Waals surface area contributed by atoms with Crippen LogP contribution in [0.1, 0.15) is 23.7 Å². The van der Waals surface area contributed by atoms with E-state index in [1.54, 1.807) is 24.3 Å². The molecule has 0 saturated carbocycles. The average molecular weight is 260 g/mol. The lowest BCUT2D eigenvalue weighted by atomic mass is 10.1. The molecule has 3 N–H and O–H groups in total. The van der Waals surface area contributed by atoms with Gasteiger partial charge in [-0.25, -0.2) is 4.79 Å². The molecule has 1 atom stereocenters. The highest BCUT2D eigenvalue weighted by Gasteiger charge is 2.16. The third-order valence-electron chi connectivity index (χ3n) is 3.00. The molecule has 0 bridgehead atoms. The summed E-state index contributed by atoms with van der Waals surface area (Å²) in [4.78, 5) is 23.8. The van der Waals surface area contributed by atoms with Gasteiger partial charge in [0.05, 0.1) is 0 Å². The van der Waals surface area contributed by atoms with Gasteiger partial charge in [-0.3, -0.25) is 4.79 Å². The molecular weight excluding hydrogens is 244 g/mol. The Labute approximate surface area is 110 Å². The number of benzene rings is 1. The molecule has 0 saturated heterocycles. The molecule has 1 aromatic carbocycles. The molecule has 100 valence electrons. The van der Waals surface area contributed by atoms with Gasteiger partial charge in [-0.1, -0.05) is 25.1 Å². The minimum absolute atomic E-state index is 0.00519. The van der Waals surface area contributed by atoms with Crippen molar-refractivity contribution in [2.75, 3.05) is 6.54 Å². The molecule has 1 aromatic heterocycles. The highest BCUT2D eigenvalue weighted by molar-refractivity contribution is 5.96. The van der Waals surface area contributed by atoms with Crippen molar-refractivity contribution in [3.8, 4) is 0 Å². The topological polar surface area (TPSA) is 85.3 Å². The third-order valence-corrected chi connectivity index (χ3v) is 3.00. The molecule has 0 spiro atoms. The van der Waals surface area contributed by atoms with Crippen LogP contribution in [0.15, 0.2) is 39.5 Å². The third kappa shape index (κ3) is 2.82. The normalized spacial score (nSPS) is 12.3. The highest BCUT2D eigenvalue weighted by Crippen LogP contribution is 2.12. The molecule has 1 amide bonds. The minimum atomic E-state index is -0.636. The zero-order valence-electron chi connectivity index (χ0n) is 10.7. The van der Waals surface area contributed by atoms with Gasteiger partial charge < -0.3 is 15.5 Å². The summed E-state index contributed by atoms with van der Waals surface area (Å²) in [5.74, 6) is -0.447. The summed E-state index contributed by atoms with van der Waals surface area (Å²) in [7, 11) is 0. The van der Waals surface area contributed by atoms with Gasteiger partial charge in [-0.05, 0) is 18.6 Å². The van der Waals surface area contributed by atoms with Gasteiger partial charge in [0.15, 0.2) is 0 Å². The number of nitrogens with one attached hydrogen (secondary N) is 1. The maximum atomic E-state index is 12.0. The molecule has 0 fully saturated rings. The van der Waals surface area contributed by atoms with Gasteiger partial charge in [0.25, 0.3) is 5.91 Å². The first-order valence-electron chi connectivity index (χ1n) is 6.19. The van der Waals surface area contributed by atoms with E-state index in [9.17, 15) is 9.59 Å². The monoisotopic (exact) mass is 260 g/mol. The summed E-state index contributed by atoms with van der Waals surface area (Å²) in [6.07, 6.45) is 0.709. The summed E-state index contributed by atoms with van der Waals surface area (Å²) in [6, 6.07) is 8.46. The van der Waals surface area contributed by atoms with E-state index >= 15 is 0 Å². The fourth-order valence-corrected chi connectivity index (χ4v) is 1.81. The van der Waals surface area contributed by atoms with E-state index in [1.165, 1.54) is 0 Å². The van der Waals surface area contributed by atoms with Crippen LogP contribution in [0.5, 0.6) is 0 Å². The van der Waals surface area contributed by atoms with Crippen LogP contribution in [0.4, 0.5) is 0 Å². The first-order chi connectivity index (χ1) is 9.15. The van der Waals surface area contributed by atoms with Gasteiger partial charge in [0.2, 0.25) is 0 Å². The zero-order chi connectivity index (χ0) is 13.8. The summed E-state index contributed by atoms with van der Waals surface area (Å²) in [5, 5.41) is 3.43. The van der Waals surface area contributed by atoms with Gasteiger partial charge in [0.1, 0.15) is 11.1 Å². The smallest absolute Gasteiger partial charge is 0.349 e. The highest BCUT2D eigenvalue weighted by atomic mass is 16.4. The summed E-state index contributed by atoms with van der Waals surface area (Å²) in [5.41, 5.74) is 5.36. The van der Waals surface area contributed by atoms with Gasteiger partial charge >= 0.3 is 5.63 Å². The molecule has 0 aliphatic carbocycles. The van der Waals surface area contributed by atoms with Crippen LogP contribution in [0.25, 0.3) is 11.0 Å². The quantitative estimate of drug-likeness (QED) is 0.810. The van der Waals surface area contributed by atoms with Gasteiger partial charge in [0, 0.05) is 18.0 Å². The maximum Gasteiger partial charge on any atom is 0.349 e. The number of rotatable bonds is 4. The number of para-hydroxylation sites is 1. The lowest BCUT2D eigenvalue weighted by Gasteiger charge is -2.13. The molecule has 2 rings (SSSR count). The molecule has 0 aliphatic rings. The summed E-state index contributed by atoms with van der Waals surface area (Å²) < 4.78 is 5.12. The van der Waals surface area contributed by atoms with E-state index in [1.807, 2.05) is 13.0 Å². The van der Waals surface area contributed by atoms with E-state index in [2.05, 4.69) is 5.32 Å². The molecular formula is C14H16N2O3. The Hall–Kier alpha value is -2.14. The summed E-state index contributed by atoms with van der Waals surface area (Å²) in [6.45, 7) is 2.25. The molecule has 0 radical (unpaired) electrons. The number of fused-ring (bicyclic) bond motifs is 1. The maximum absolute atomic E-state index is 12.0. The number of amides is 1. The number of hydrogen-bond acceptors (Lipinski definition) is 4. The van der Waals surface area contributed by atoms with Crippen molar-refractivity contribution < 1.29 is 9.21 Å². The van der Waals surface area contributed by atoms with Crippen molar-refractivity contribution in [3.63, 3.8) is 0 Å². The SMILES string of the molecule is CCC(CN)NC(=O)c1cc2ccccc2oc1=O. The molecule has 1 heterocycles. The molecule has 19 heavy (non-hydrogen) atoms. The van der Waals surface area contributed by atoms with Crippen LogP contribution >= 0.6 is 0 Å². The van der Waals surface area contributed by atoms with Crippen LogP contribution in [0, 0.1) is 0 Å². The van der Waals surface area contributed by atoms with Crippen LogP contribution in [-0.2, 0) is 0 Å². The standard InChI is InChI=1S/C14H16N2O3/c1-2-10(8-15)16-13(17)11-7-9-5-3-4-6-12(9)19-14(11)18/h3-7,10H,2,8,15H2,1H3,(H,16,17). The van der Waals surface area contributed by atoms with E-state index < -0.39 is 11.5 Å². The Morgan fingerprint density at radius 1 is 1.42 bits per heavy atom. The predicted molar refractivity (Wildman–Crippen MR) is 73.1 cm³/mol. The molecule has 1 unspecified atom stereocenters. The van der Waals surface area contributed by atoms with E-state index in [-0.39, 0.29) is 11.6 Å². The Kier molecular flexibility index (Phi) is 3.97. The van der Waals surface area contributed by atoms with Crippen molar-refractivity contribution in [3.05, 3.63) is 46.3 Å². The zero-order valence-corrected chi connectivity index (χ0v) is 10.7. The number of nitrogens with two attached hydrogens (primary N) is 1. The minimum Gasteiger partial charge on any atom is -0.422 e. The number of hydrogen-bond donors (Lipinski definition) is 2. The van der Waals surface area contributed by atoms with Crippen molar-refractivity contribution >= 4 is 16.9 Å². The molecule has 0 aliphatic heterocycles. The Bertz CT molecular complexity index is 644. The van der Waals surface area contributed by atoms with Crippen LogP contribution in [-0.4, -0.2) is 18.5 Å². The van der Waals surface area contributed by atoms with Crippen LogP contribution in [0.3, 0.4) is 0 Å². The van der Waals surface area contributed by atoms with E-state index in [0.29, 0.717) is 23.9 Å². The van der Waals surface area contributed by atoms with E-state index in [4.69, 9.17) is 10.2 Å². The van der Waals surface area contributed by atoms with Crippen molar-refractivity contribution in [1.82, 2.24) is 5.32 Å². The average Bonchev–Trinajstić information content (AvgIpc) is 2.43. The predicted octanol–water partition coefficient (Wildman–Crippen LogP) is 1.26. The summed E-state index contributed by atoms with van der Waals surface area (Å²) >= 11 is 0. The first kappa shape index (κ1) is 13.3. The van der Waals surface area contributed by atoms with Crippen molar-refractivity contribution in [2.45, 2.75) is 19.4 Å². The Morgan fingerprint density at radius 3 is 2.84 bits per heavy atom. The molecule has 5 heteroatoms. The molecule has 5 nitrogen and oxygen atoms in total. The van der Waals surface area contributed by atoms with Crippen LogP contribution < -0.4 is 16.7 Å². The fourth-order valence-electron chi connectivity index (χ4n) is 1.81. The van der Waals surface area contributed by atoms with Gasteiger partial charge in [-0.15, -0.1) is 0 Å². The second-order valence-corrected chi connectivity index (χ2v) is 4.30. The number of carbonyl (C=O) groups excluding carboxylic acids is 1. The second-order valence-electron chi connectivity index (χ2n) is 4.30. The largest absolute Gasteiger partial charge is 0.422 e.